The molecule has 1 atom stereocenters. The minimum atomic E-state index is -4.65. The first-order chi connectivity index (χ1) is 14.1. The maximum atomic E-state index is 13.8. The molecule has 10 heteroatoms. The van der Waals surface area contributed by atoms with E-state index in [-0.39, 0.29) is 53.2 Å². The Hall–Kier alpha value is -2.00. The summed E-state index contributed by atoms with van der Waals surface area (Å²) in [7, 11) is 0. The Balaban J connectivity index is 1.87. The van der Waals surface area contributed by atoms with Crippen LogP contribution in [0.1, 0.15) is 23.7 Å². The Bertz CT molecular complexity index is 903. The number of ether oxygens (including phenoxy) is 2. The summed E-state index contributed by atoms with van der Waals surface area (Å²) in [5, 5.41) is 9.17. The van der Waals surface area contributed by atoms with Crippen LogP contribution in [0.5, 0.6) is 11.5 Å². The molecule has 0 radical (unpaired) electrons. The van der Waals surface area contributed by atoms with Crippen molar-refractivity contribution >= 4 is 29.2 Å². The van der Waals surface area contributed by atoms with Crippen molar-refractivity contribution in [3.05, 3.63) is 57.6 Å². The molecule has 0 saturated carbocycles. The van der Waals surface area contributed by atoms with E-state index in [0.29, 0.717) is 6.54 Å². The van der Waals surface area contributed by atoms with Gasteiger partial charge in [0.15, 0.2) is 5.75 Å². The van der Waals surface area contributed by atoms with Gasteiger partial charge < -0.3 is 14.6 Å². The van der Waals surface area contributed by atoms with Crippen molar-refractivity contribution in [1.29, 1.82) is 0 Å². The van der Waals surface area contributed by atoms with E-state index in [9.17, 15) is 18.0 Å². The summed E-state index contributed by atoms with van der Waals surface area (Å²) in [6, 6.07) is 8.21. The average Bonchev–Trinajstić information content (AvgIpc) is 2.69. The summed E-state index contributed by atoms with van der Waals surface area (Å²) in [6.45, 7) is 1.06. The predicted octanol–water partition coefficient (Wildman–Crippen LogP) is 5.65. The molecule has 3 rings (SSSR count). The van der Waals surface area contributed by atoms with E-state index in [4.69, 9.17) is 37.8 Å². The predicted molar refractivity (Wildman–Crippen MR) is 105 cm³/mol. The third-order valence-corrected chi connectivity index (χ3v) is 5.20. The molecule has 0 aromatic heterocycles. The van der Waals surface area contributed by atoms with Crippen LogP contribution in [0.3, 0.4) is 0 Å². The zero-order chi connectivity index (χ0) is 21.9. The van der Waals surface area contributed by atoms with Crippen LogP contribution in [-0.2, 0) is 15.7 Å². The number of alkyl halides is 3. The van der Waals surface area contributed by atoms with Gasteiger partial charge in [-0.25, -0.2) is 0 Å². The first kappa shape index (κ1) is 22.7. The third kappa shape index (κ3) is 5.57. The van der Waals surface area contributed by atoms with Gasteiger partial charge in [-0.1, -0.05) is 35.3 Å². The molecule has 1 saturated heterocycles. The highest BCUT2D eigenvalue weighted by molar-refractivity contribution is 6.37. The molecule has 1 N–H and O–H groups in total. The van der Waals surface area contributed by atoms with E-state index in [1.807, 2.05) is 0 Å². The van der Waals surface area contributed by atoms with Crippen molar-refractivity contribution in [2.75, 3.05) is 26.2 Å². The molecule has 2 aromatic rings. The van der Waals surface area contributed by atoms with E-state index in [2.05, 4.69) is 0 Å². The average molecular weight is 464 g/mol. The Kier molecular flexibility index (Phi) is 7.13. The summed E-state index contributed by atoms with van der Waals surface area (Å²) < 4.78 is 52.4. The molecular weight excluding hydrogens is 446 g/mol. The summed E-state index contributed by atoms with van der Waals surface area (Å²) in [6.07, 6.45) is -5.59. The Morgan fingerprint density at radius 2 is 1.93 bits per heavy atom. The minimum Gasteiger partial charge on any atom is -0.481 e. The van der Waals surface area contributed by atoms with Gasteiger partial charge in [-0.3, -0.25) is 9.69 Å². The molecule has 2 aromatic carbocycles. The Morgan fingerprint density at radius 1 is 1.23 bits per heavy atom. The normalized spacial score (nSPS) is 17.7. The number of carboxylic acid groups (broad SMARTS) is 1. The van der Waals surface area contributed by atoms with Crippen molar-refractivity contribution in [2.24, 2.45) is 0 Å². The van der Waals surface area contributed by atoms with Gasteiger partial charge in [0.25, 0.3) is 0 Å². The lowest BCUT2D eigenvalue weighted by atomic mass is 10.00. The smallest absolute Gasteiger partial charge is 0.416 e. The largest absolute Gasteiger partial charge is 0.481 e. The Labute approximate surface area is 180 Å². The molecule has 1 heterocycles. The second-order valence-electron chi connectivity index (χ2n) is 6.70. The summed E-state index contributed by atoms with van der Waals surface area (Å²) >= 11 is 12.1. The van der Waals surface area contributed by atoms with Crippen LogP contribution >= 0.6 is 23.2 Å². The summed E-state index contributed by atoms with van der Waals surface area (Å²) in [4.78, 5) is 12.5. The van der Waals surface area contributed by atoms with Crippen molar-refractivity contribution in [3.63, 3.8) is 0 Å². The molecule has 1 fully saturated rings. The fourth-order valence-corrected chi connectivity index (χ4v) is 3.65. The molecule has 162 valence electrons. The van der Waals surface area contributed by atoms with Crippen molar-refractivity contribution in [3.8, 4) is 11.5 Å². The van der Waals surface area contributed by atoms with Crippen LogP contribution in [0.4, 0.5) is 13.2 Å². The number of nitrogens with zero attached hydrogens (tertiary/aromatic N) is 1. The van der Waals surface area contributed by atoms with E-state index in [1.165, 1.54) is 24.3 Å². The van der Waals surface area contributed by atoms with E-state index in [1.54, 1.807) is 11.0 Å². The maximum absolute atomic E-state index is 13.8. The van der Waals surface area contributed by atoms with Crippen molar-refractivity contribution in [1.82, 2.24) is 4.90 Å². The molecule has 30 heavy (non-hydrogen) atoms. The molecule has 1 unspecified atom stereocenters. The second kappa shape index (κ2) is 9.43. The monoisotopic (exact) mass is 463 g/mol. The molecule has 0 aliphatic carbocycles. The van der Waals surface area contributed by atoms with Gasteiger partial charge in [0.2, 0.25) is 0 Å². The number of aliphatic carboxylic acids is 1. The first-order valence-corrected chi connectivity index (χ1v) is 9.79. The lowest BCUT2D eigenvalue weighted by Gasteiger charge is -2.34. The number of hydrogen-bond acceptors (Lipinski definition) is 4. The van der Waals surface area contributed by atoms with E-state index >= 15 is 0 Å². The number of rotatable bonds is 6. The van der Waals surface area contributed by atoms with Gasteiger partial charge >= 0.3 is 12.1 Å². The molecule has 5 nitrogen and oxygen atoms in total. The highest BCUT2D eigenvalue weighted by Gasteiger charge is 2.37. The van der Waals surface area contributed by atoms with Crippen LogP contribution in [0, 0.1) is 0 Å². The number of halogens is 5. The van der Waals surface area contributed by atoms with Gasteiger partial charge in [0, 0.05) is 19.6 Å². The number of morpholine rings is 1. The van der Waals surface area contributed by atoms with Gasteiger partial charge in [-0.15, -0.1) is 0 Å². The quantitative estimate of drug-likeness (QED) is 0.599. The van der Waals surface area contributed by atoms with Crippen LogP contribution < -0.4 is 4.74 Å². The van der Waals surface area contributed by atoms with Crippen LogP contribution in [-0.4, -0.2) is 42.2 Å². The fourth-order valence-electron chi connectivity index (χ4n) is 3.17. The van der Waals surface area contributed by atoms with Crippen molar-refractivity contribution in [2.45, 2.75) is 18.7 Å². The van der Waals surface area contributed by atoms with Gasteiger partial charge in [0.1, 0.15) is 5.75 Å². The standard InChI is InChI=1S/C20H18Cl2F3NO4/c21-15-2-1-3-16(22)19(15)30-12-4-5-13(14(10-12)20(23,24)25)17-11-26(8-9-29-17)7-6-18(27)28/h1-5,10,17H,6-9,11H2,(H,27,28). The highest BCUT2D eigenvalue weighted by Crippen LogP contribution is 2.41. The van der Waals surface area contributed by atoms with Gasteiger partial charge in [-0.05, 0) is 29.8 Å². The van der Waals surface area contributed by atoms with Gasteiger partial charge in [-0.2, -0.15) is 13.2 Å². The summed E-state index contributed by atoms with van der Waals surface area (Å²) in [5.41, 5.74) is -0.937. The number of benzene rings is 2. The molecule has 1 aliphatic heterocycles. The molecule has 1 aliphatic rings. The first-order valence-electron chi connectivity index (χ1n) is 9.04. The molecule has 0 bridgehead atoms. The number of hydrogen-bond donors (Lipinski definition) is 1. The number of carbonyl (C=O) groups is 1. The topological polar surface area (TPSA) is 59.0 Å². The lowest BCUT2D eigenvalue weighted by molar-refractivity contribution is -0.140. The van der Waals surface area contributed by atoms with Crippen LogP contribution in [0.2, 0.25) is 10.0 Å². The number of carboxylic acids is 1. The van der Waals surface area contributed by atoms with E-state index < -0.39 is 23.8 Å². The van der Waals surface area contributed by atoms with Gasteiger partial charge in [0.05, 0.1) is 34.7 Å². The molecule has 0 spiro atoms. The SMILES string of the molecule is O=C(O)CCN1CCOC(c2ccc(Oc3c(Cl)cccc3Cl)cc2C(F)(F)F)C1. The number of para-hydroxylation sites is 1. The van der Waals surface area contributed by atoms with Crippen LogP contribution in [0.15, 0.2) is 36.4 Å². The third-order valence-electron chi connectivity index (χ3n) is 4.61. The van der Waals surface area contributed by atoms with E-state index in [0.717, 1.165) is 6.07 Å². The molecule has 0 amide bonds. The molecular formula is C20H18Cl2F3NO4. The second-order valence-corrected chi connectivity index (χ2v) is 7.52. The summed E-state index contributed by atoms with van der Waals surface area (Å²) in [5.74, 6) is -0.969. The van der Waals surface area contributed by atoms with Crippen molar-refractivity contribution < 1.29 is 32.5 Å². The highest BCUT2D eigenvalue weighted by atomic mass is 35.5. The maximum Gasteiger partial charge on any atom is 0.416 e. The minimum absolute atomic E-state index is 0.0415. The Morgan fingerprint density at radius 3 is 2.57 bits per heavy atom. The zero-order valence-electron chi connectivity index (χ0n) is 15.6. The lowest BCUT2D eigenvalue weighted by Crippen LogP contribution is -2.40. The fraction of sp³-hybridized carbons (Fsp3) is 0.350. The van der Waals surface area contributed by atoms with Crippen LogP contribution in [0.25, 0.3) is 0 Å². The zero-order valence-corrected chi connectivity index (χ0v) is 17.1.